The number of ether oxygens (including phenoxy) is 1. The van der Waals surface area contributed by atoms with Crippen LogP contribution < -0.4 is 10.5 Å². The Balaban J connectivity index is 1.95. The molecule has 2 N–H and O–H groups in total. The van der Waals surface area contributed by atoms with Gasteiger partial charge in [-0.25, -0.2) is 4.98 Å². The topological polar surface area (TPSA) is 72.9 Å². The van der Waals surface area contributed by atoms with Crippen LogP contribution in [0.1, 0.15) is 5.56 Å². The first-order chi connectivity index (χ1) is 11.6. The molecule has 0 unspecified atom stereocenters. The van der Waals surface area contributed by atoms with Gasteiger partial charge < -0.3 is 14.9 Å². The molecule has 2 heterocycles. The molecule has 1 amide bonds. The molecule has 0 spiro atoms. The van der Waals surface area contributed by atoms with Gasteiger partial charge in [0.15, 0.2) is 0 Å². The van der Waals surface area contributed by atoms with Crippen LogP contribution in [0.3, 0.4) is 0 Å². The first-order valence-electron chi connectivity index (χ1n) is 7.63. The highest BCUT2D eigenvalue weighted by atomic mass is 16.5. The van der Waals surface area contributed by atoms with Crippen LogP contribution in [-0.4, -0.2) is 40.9 Å². The Bertz CT molecular complexity index is 872. The summed E-state index contributed by atoms with van der Waals surface area (Å²) in [5, 5.41) is 0. The number of nitrogens with zero attached hydrogens (tertiary/aromatic N) is 3. The van der Waals surface area contributed by atoms with E-state index < -0.39 is 0 Å². The molecule has 0 saturated heterocycles. The van der Waals surface area contributed by atoms with E-state index in [9.17, 15) is 4.79 Å². The van der Waals surface area contributed by atoms with E-state index >= 15 is 0 Å². The maximum absolute atomic E-state index is 11.0. The highest BCUT2D eigenvalue weighted by Gasteiger charge is 2.10. The molecule has 2 aromatic heterocycles. The predicted octanol–water partition coefficient (Wildman–Crippen LogP) is 1.93. The van der Waals surface area contributed by atoms with Crippen molar-refractivity contribution < 1.29 is 9.53 Å². The van der Waals surface area contributed by atoms with Crippen molar-refractivity contribution in [1.82, 2.24) is 14.3 Å². The molecule has 0 aliphatic carbocycles. The number of primary amides is 1. The lowest BCUT2D eigenvalue weighted by Crippen LogP contribution is -2.30. The van der Waals surface area contributed by atoms with Crippen LogP contribution in [0.4, 0.5) is 0 Å². The molecule has 0 aliphatic rings. The Morgan fingerprint density at radius 3 is 2.88 bits per heavy atom. The lowest BCUT2D eigenvalue weighted by atomic mass is 10.0. The number of methoxy groups -OCH3 is 1. The van der Waals surface area contributed by atoms with E-state index in [-0.39, 0.29) is 12.5 Å². The minimum atomic E-state index is -0.337. The van der Waals surface area contributed by atoms with Gasteiger partial charge in [-0.05, 0) is 42.4 Å². The molecule has 0 fully saturated rings. The fourth-order valence-corrected chi connectivity index (χ4v) is 2.79. The zero-order valence-corrected chi connectivity index (χ0v) is 13.8. The predicted molar refractivity (Wildman–Crippen MR) is 92.7 cm³/mol. The third kappa shape index (κ3) is 3.38. The highest BCUT2D eigenvalue weighted by Crippen LogP contribution is 2.31. The van der Waals surface area contributed by atoms with Gasteiger partial charge in [-0.2, -0.15) is 0 Å². The number of hydrogen-bond donors (Lipinski definition) is 1. The van der Waals surface area contributed by atoms with Crippen LogP contribution in [0, 0.1) is 0 Å². The summed E-state index contributed by atoms with van der Waals surface area (Å²) in [6.45, 7) is 0.854. The normalized spacial score (nSPS) is 11.1. The van der Waals surface area contributed by atoms with Crippen LogP contribution in [0.15, 0.2) is 48.9 Å². The van der Waals surface area contributed by atoms with E-state index in [1.807, 2.05) is 53.0 Å². The third-order valence-corrected chi connectivity index (χ3v) is 3.85. The van der Waals surface area contributed by atoms with Gasteiger partial charge in [0.1, 0.15) is 11.4 Å². The molecular formula is C18H20N4O2. The SMILES string of the molecule is COc1ccc(CN(C)CC(N)=O)cc1-c1ccn2ccnc2c1. The van der Waals surface area contributed by atoms with Crippen LogP contribution in [-0.2, 0) is 11.3 Å². The minimum Gasteiger partial charge on any atom is -0.496 e. The average Bonchev–Trinajstić information content (AvgIpc) is 3.01. The second kappa shape index (κ2) is 6.72. The lowest BCUT2D eigenvalue weighted by Gasteiger charge is -2.16. The Morgan fingerprint density at radius 1 is 1.29 bits per heavy atom. The summed E-state index contributed by atoms with van der Waals surface area (Å²) in [7, 11) is 3.52. The Labute approximate surface area is 140 Å². The first kappa shape index (κ1) is 16.0. The molecular weight excluding hydrogens is 304 g/mol. The van der Waals surface area contributed by atoms with Crippen LogP contribution in [0.25, 0.3) is 16.8 Å². The minimum absolute atomic E-state index is 0.224. The van der Waals surface area contributed by atoms with Gasteiger partial charge in [0.2, 0.25) is 5.91 Å². The van der Waals surface area contributed by atoms with Crippen molar-refractivity contribution in [3.8, 4) is 16.9 Å². The molecule has 0 aliphatic heterocycles. The van der Waals surface area contributed by atoms with Crippen molar-refractivity contribution in [2.75, 3.05) is 20.7 Å². The van der Waals surface area contributed by atoms with Crippen LogP contribution in [0.2, 0.25) is 0 Å². The van der Waals surface area contributed by atoms with E-state index in [1.165, 1.54) is 0 Å². The largest absolute Gasteiger partial charge is 0.496 e. The number of benzene rings is 1. The number of imidazole rings is 1. The van der Waals surface area contributed by atoms with E-state index in [0.717, 1.165) is 28.1 Å². The number of likely N-dealkylation sites (N-methyl/N-ethyl adjacent to an activating group) is 1. The Morgan fingerprint density at radius 2 is 2.12 bits per heavy atom. The molecule has 24 heavy (non-hydrogen) atoms. The molecule has 3 rings (SSSR count). The van der Waals surface area contributed by atoms with Gasteiger partial charge in [-0.15, -0.1) is 0 Å². The van der Waals surface area contributed by atoms with Crippen molar-refractivity contribution in [1.29, 1.82) is 0 Å². The van der Waals surface area contributed by atoms with Crippen molar-refractivity contribution in [3.05, 3.63) is 54.5 Å². The number of amides is 1. The number of hydrogen-bond acceptors (Lipinski definition) is 4. The fraction of sp³-hybridized carbons (Fsp3) is 0.222. The quantitative estimate of drug-likeness (QED) is 0.752. The van der Waals surface area contributed by atoms with Gasteiger partial charge >= 0.3 is 0 Å². The van der Waals surface area contributed by atoms with Crippen LogP contribution in [0.5, 0.6) is 5.75 Å². The summed E-state index contributed by atoms with van der Waals surface area (Å²) >= 11 is 0. The molecule has 0 saturated carbocycles. The molecule has 1 aromatic carbocycles. The lowest BCUT2D eigenvalue weighted by molar-refractivity contribution is -0.118. The van der Waals surface area contributed by atoms with E-state index in [0.29, 0.717) is 6.54 Å². The van der Waals surface area contributed by atoms with Crippen molar-refractivity contribution in [2.24, 2.45) is 5.73 Å². The first-order valence-corrected chi connectivity index (χ1v) is 7.63. The smallest absolute Gasteiger partial charge is 0.231 e. The van der Waals surface area contributed by atoms with Gasteiger partial charge in [0, 0.05) is 30.7 Å². The van der Waals surface area contributed by atoms with Crippen molar-refractivity contribution in [3.63, 3.8) is 0 Å². The summed E-state index contributed by atoms with van der Waals surface area (Å²) in [6, 6.07) is 10.1. The maximum Gasteiger partial charge on any atom is 0.231 e. The number of rotatable bonds is 6. The number of pyridine rings is 1. The van der Waals surface area contributed by atoms with Crippen LogP contribution >= 0.6 is 0 Å². The Hall–Kier alpha value is -2.86. The molecule has 0 bridgehead atoms. The summed E-state index contributed by atoms with van der Waals surface area (Å²) < 4.78 is 7.46. The molecule has 0 atom stereocenters. The fourth-order valence-electron chi connectivity index (χ4n) is 2.79. The zero-order valence-electron chi connectivity index (χ0n) is 13.8. The van der Waals surface area contributed by atoms with Gasteiger partial charge in [-0.1, -0.05) is 6.07 Å². The number of carbonyl (C=O) groups excluding carboxylic acids is 1. The summed E-state index contributed by atoms with van der Waals surface area (Å²) in [5.74, 6) is 0.461. The molecule has 124 valence electrons. The second-order valence-corrected chi connectivity index (χ2v) is 5.78. The van der Waals surface area contributed by atoms with Crippen molar-refractivity contribution in [2.45, 2.75) is 6.54 Å². The number of nitrogens with two attached hydrogens (primary N) is 1. The number of fused-ring (bicyclic) bond motifs is 1. The summed E-state index contributed by atoms with van der Waals surface area (Å²) in [4.78, 5) is 17.2. The summed E-state index contributed by atoms with van der Waals surface area (Å²) in [6.07, 6.45) is 5.65. The second-order valence-electron chi connectivity index (χ2n) is 5.78. The third-order valence-electron chi connectivity index (χ3n) is 3.85. The van der Waals surface area contributed by atoms with E-state index in [1.54, 1.807) is 13.3 Å². The highest BCUT2D eigenvalue weighted by molar-refractivity contribution is 5.76. The Kier molecular flexibility index (Phi) is 4.48. The zero-order chi connectivity index (χ0) is 17.1. The number of aromatic nitrogens is 2. The standard InChI is InChI=1S/C18H20N4O2/c1-21(12-17(19)23)11-13-3-4-16(24-2)15(9-13)14-5-7-22-8-6-20-18(22)10-14/h3-10H,11-12H2,1-2H3,(H2,19,23). The van der Waals surface area contributed by atoms with Crippen molar-refractivity contribution >= 4 is 11.6 Å². The van der Waals surface area contributed by atoms with Gasteiger partial charge in [0.05, 0.1) is 13.7 Å². The van der Waals surface area contributed by atoms with Gasteiger partial charge in [-0.3, -0.25) is 9.69 Å². The van der Waals surface area contributed by atoms with E-state index in [2.05, 4.69) is 11.1 Å². The molecule has 6 heteroatoms. The average molecular weight is 324 g/mol. The number of carbonyl (C=O) groups is 1. The molecule has 6 nitrogen and oxygen atoms in total. The summed E-state index contributed by atoms with van der Waals surface area (Å²) in [5.41, 5.74) is 9.23. The maximum atomic E-state index is 11.0. The monoisotopic (exact) mass is 324 g/mol. The molecule has 0 radical (unpaired) electrons. The van der Waals surface area contributed by atoms with Gasteiger partial charge in [0.25, 0.3) is 0 Å². The van der Waals surface area contributed by atoms with E-state index in [4.69, 9.17) is 10.5 Å². The molecule has 3 aromatic rings.